The maximum absolute atomic E-state index is 11.8. The maximum atomic E-state index is 11.8. The Kier molecular flexibility index (Phi) is 4.84. The van der Waals surface area contributed by atoms with Gasteiger partial charge in [0.15, 0.2) is 6.29 Å². The number of carbonyl (C=O) groups is 1. The zero-order chi connectivity index (χ0) is 13.8. The molecule has 0 radical (unpaired) electrons. The van der Waals surface area contributed by atoms with Crippen LogP contribution in [0.2, 0.25) is 0 Å². The van der Waals surface area contributed by atoms with E-state index in [4.69, 9.17) is 4.74 Å². The molecule has 4 nitrogen and oxygen atoms in total. The maximum Gasteiger partial charge on any atom is 0.251 e. The van der Waals surface area contributed by atoms with Gasteiger partial charge in [0.05, 0.1) is 6.10 Å². The lowest BCUT2D eigenvalue weighted by atomic mass is 10.0. The van der Waals surface area contributed by atoms with E-state index in [9.17, 15) is 9.59 Å². The molecule has 0 N–H and O–H groups in total. The summed E-state index contributed by atoms with van der Waals surface area (Å²) in [5.41, 5.74) is 0.0351. The third kappa shape index (κ3) is 3.81. The molecular weight excluding hydrogens is 230 g/mol. The van der Waals surface area contributed by atoms with E-state index in [1.807, 2.05) is 27.7 Å². The topological polar surface area (TPSA) is 48.3 Å². The number of hydrogen-bond acceptors (Lipinski definition) is 3. The van der Waals surface area contributed by atoms with E-state index < -0.39 is 0 Å². The standard InChI is InChI=1S/C14H21NO3/c1-11(2)18-8-7-14(3,4)15-9-12(10-16)5-6-13(15)17/h5-6,9-11H,7-8H2,1-4H3. The van der Waals surface area contributed by atoms with E-state index in [1.54, 1.807) is 10.8 Å². The average molecular weight is 251 g/mol. The first-order valence-electron chi connectivity index (χ1n) is 6.17. The fraction of sp³-hybridized carbons (Fsp3) is 0.571. The minimum absolute atomic E-state index is 0.102. The molecule has 1 heterocycles. The summed E-state index contributed by atoms with van der Waals surface area (Å²) in [6.07, 6.45) is 3.24. The van der Waals surface area contributed by atoms with Crippen LogP contribution in [0.5, 0.6) is 0 Å². The molecule has 0 bridgehead atoms. The van der Waals surface area contributed by atoms with Crippen LogP contribution in [0.3, 0.4) is 0 Å². The van der Waals surface area contributed by atoms with E-state index in [2.05, 4.69) is 0 Å². The third-order valence-corrected chi connectivity index (χ3v) is 2.89. The second kappa shape index (κ2) is 5.96. The summed E-state index contributed by atoms with van der Waals surface area (Å²) in [4.78, 5) is 22.6. The Bertz CT molecular complexity index is 460. The SMILES string of the molecule is CC(C)OCCC(C)(C)n1cc(C=O)ccc1=O. The molecule has 0 aliphatic carbocycles. The highest BCUT2D eigenvalue weighted by Gasteiger charge is 2.21. The first kappa shape index (κ1) is 14.6. The number of hydrogen-bond donors (Lipinski definition) is 0. The molecule has 0 aliphatic heterocycles. The first-order chi connectivity index (χ1) is 8.36. The van der Waals surface area contributed by atoms with Gasteiger partial charge in [-0.15, -0.1) is 0 Å². The Hall–Kier alpha value is -1.42. The molecule has 4 heteroatoms. The Morgan fingerprint density at radius 3 is 2.61 bits per heavy atom. The van der Waals surface area contributed by atoms with Crippen LogP contribution in [0.15, 0.2) is 23.1 Å². The molecule has 18 heavy (non-hydrogen) atoms. The summed E-state index contributed by atoms with van der Waals surface area (Å²) in [6.45, 7) is 8.47. The molecule has 0 fully saturated rings. The summed E-state index contributed by atoms with van der Waals surface area (Å²) >= 11 is 0. The van der Waals surface area contributed by atoms with Crippen molar-refractivity contribution in [3.63, 3.8) is 0 Å². The Labute approximate surface area is 108 Å². The smallest absolute Gasteiger partial charge is 0.251 e. The molecule has 0 atom stereocenters. The highest BCUT2D eigenvalue weighted by Crippen LogP contribution is 2.18. The van der Waals surface area contributed by atoms with Crippen molar-refractivity contribution in [1.29, 1.82) is 0 Å². The van der Waals surface area contributed by atoms with Crippen molar-refractivity contribution in [2.24, 2.45) is 0 Å². The highest BCUT2D eigenvalue weighted by molar-refractivity contribution is 5.73. The van der Waals surface area contributed by atoms with Gasteiger partial charge in [-0.1, -0.05) is 0 Å². The molecule has 100 valence electrons. The van der Waals surface area contributed by atoms with Gasteiger partial charge in [-0.2, -0.15) is 0 Å². The van der Waals surface area contributed by atoms with Gasteiger partial charge < -0.3 is 9.30 Å². The highest BCUT2D eigenvalue weighted by atomic mass is 16.5. The summed E-state index contributed by atoms with van der Waals surface area (Å²) in [7, 11) is 0. The minimum atomic E-state index is -0.370. The molecule has 0 saturated carbocycles. The summed E-state index contributed by atoms with van der Waals surface area (Å²) in [5, 5.41) is 0. The zero-order valence-electron chi connectivity index (χ0n) is 11.5. The van der Waals surface area contributed by atoms with Crippen LogP contribution in [0.4, 0.5) is 0 Å². The van der Waals surface area contributed by atoms with Crippen LogP contribution < -0.4 is 5.56 Å². The Balaban J connectivity index is 2.89. The molecule has 1 rings (SSSR count). The zero-order valence-corrected chi connectivity index (χ0v) is 11.5. The first-order valence-corrected chi connectivity index (χ1v) is 6.17. The van der Waals surface area contributed by atoms with Gasteiger partial charge in [-0.25, -0.2) is 0 Å². The lowest BCUT2D eigenvalue weighted by molar-refractivity contribution is 0.0585. The van der Waals surface area contributed by atoms with E-state index >= 15 is 0 Å². The largest absolute Gasteiger partial charge is 0.379 e. The van der Waals surface area contributed by atoms with Gasteiger partial charge in [0.2, 0.25) is 0 Å². The number of nitrogens with zero attached hydrogens (tertiary/aromatic N) is 1. The second-order valence-electron chi connectivity index (χ2n) is 5.27. The molecule has 0 amide bonds. The molecule has 0 spiro atoms. The van der Waals surface area contributed by atoms with Gasteiger partial charge in [-0.3, -0.25) is 9.59 Å². The van der Waals surface area contributed by atoms with E-state index in [-0.39, 0.29) is 17.2 Å². The molecule has 1 aromatic heterocycles. The Morgan fingerprint density at radius 2 is 2.06 bits per heavy atom. The number of carbonyl (C=O) groups excluding carboxylic acids is 1. The molecule has 0 saturated heterocycles. The van der Waals surface area contributed by atoms with Gasteiger partial charge in [0.1, 0.15) is 0 Å². The van der Waals surface area contributed by atoms with Crippen LogP contribution in [-0.2, 0) is 10.3 Å². The van der Waals surface area contributed by atoms with Gasteiger partial charge in [-0.05, 0) is 40.2 Å². The monoisotopic (exact) mass is 251 g/mol. The van der Waals surface area contributed by atoms with E-state index in [0.717, 1.165) is 6.29 Å². The van der Waals surface area contributed by atoms with Gasteiger partial charge in [0.25, 0.3) is 5.56 Å². The third-order valence-electron chi connectivity index (χ3n) is 2.89. The van der Waals surface area contributed by atoms with Crippen molar-refractivity contribution in [2.75, 3.05) is 6.61 Å². The second-order valence-corrected chi connectivity index (χ2v) is 5.27. The Morgan fingerprint density at radius 1 is 1.39 bits per heavy atom. The predicted octanol–water partition coefficient (Wildman–Crippen LogP) is 2.21. The number of aromatic nitrogens is 1. The summed E-state index contributed by atoms with van der Waals surface area (Å²) in [5.74, 6) is 0. The van der Waals surface area contributed by atoms with Crippen LogP contribution in [-0.4, -0.2) is 23.6 Å². The number of pyridine rings is 1. The van der Waals surface area contributed by atoms with Crippen LogP contribution >= 0.6 is 0 Å². The number of aldehydes is 1. The summed E-state index contributed by atoms with van der Waals surface area (Å²) < 4.78 is 7.11. The van der Waals surface area contributed by atoms with E-state index in [0.29, 0.717) is 18.6 Å². The summed E-state index contributed by atoms with van der Waals surface area (Å²) in [6, 6.07) is 2.96. The minimum Gasteiger partial charge on any atom is -0.379 e. The lowest BCUT2D eigenvalue weighted by Crippen LogP contribution is -2.37. The number of ether oxygens (including phenoxy) is 1. The predicted molar refractivity (Wildman–Crippen MR) is 71.1 cm³/mol. The fourth-order valence-corrected chi connectivity index (χ4v) is 1.71. The molecule has 0 aliphatic rings. The van der Waals surface area contributed by atoms with Crippen molar-refractivity contribution in [1.82, 2.24) is 4.57 Å². The van der Waals surface area contributed by atoms with Crippen molar-refractivity contribution in [2.45, 2.75) is 45.8 Å². The van der Waals surface area contributed by atoms with Crippen LogP contribution in [0, 0.1) is 0 Å². The molecule has 1 aromatic rings. The lowest BCUT2D eigenvalue weighted by Gasteiger charge is -2.28. The van der Waals surface area contributed by atoms with Crippen LogP contribution in [0.25, 0.3) is 0 Å². The fourth-order valence-electron chi connectivity index (χ4n) is 1.71. The van der Waals surface area contributed by atoms with Gasteiger partial charge in [0, 0.05) is 30.0 Å². The van der Waals surface area contributed by atoms with Gasteiger partial charge >= 0.3 is 0 Å². The van der Waals surface area contributed by atoms with Crippen molar-refractivity contribution in [3.05, 3.63) is 34.2 Å². The van der Waals surface area contributed by atoms with E-state index in [1.165, 1.54) is 12.1 Å². The quantitative estimate of drug-likeness (QED) is 0.728. The molecular formula is C14H21NO3. The van der Waals surface area contributed by atoms with Crippen molar-refractivity contribution >= 4 is 6.29 Å². The number of rotatable bonds is 6. The molecule has 0 unspecified atom stereocenters. The molecule has 0 aromatic carbocycles. The van der Waals surface area contributed by atoms with Crippen molar-refractivity contribution in [3.8, 4) is 0 Å². The van der Waals surface area contributed by atoms with Crippen molar-refractivity contribution < 1.29 is 9.53 Å². The average Bonchev–Trinajstić information content (AvgIpc) is 2.28. The van der Waals surface area contributed by atoms with Crippen LogP contribution in [0.1, 0.15) is 44.5 Å². The normalized spacial score (nSPS) is 11.8.